The van der Waals surface area contributed by atoms with Gasteiger partial charge in [-0.05, 0) is 44.0 Å². The van der Waals surface area contributed by atoms with Gasteiger partial charge in [0, 0.05) is 22.8 Å². The smallest absolute Gasteiger partial charge is 0.128 e. The Hall–Kier alpha value is -1.24. The first-order chi connectivity index (χ1) is 9.43. The van der Waals surface area contributed by atoms with Crippen LogP contribution in [0.25, 0.3) is 0 Å². The maximum Gasteiger partial charge on any atom is 0.128 e. The number of halogens is 2. The molecule has 0 fully saturated rings. The SMILES string of the molecule is Cc1nn(C)c(C)c1CC(NN)c1cc(Br)ccc1F. The summed E-state index contributed by atoms with van der Waals surface area (Å²) in [4.78, 5) is 0. The summed E-state index contributed by atoms with van der Waals surface area (Å²) < 4.78 is 16.6. The maximum atomic E-state index is 14.0. The van der Waals surface area contributed by atoms with Crippen LogP contribution < -0.4 is 11.3 Å². The van der Waals surface area contributed by atoms with Gasteiger partial charge in [0.1, 0.15) is 5.82 Å². The molecule has 0 bridgehead atoms. The molecule has 1 atom stereocenters. The average molecular weight is 341 g/mol. The molecule has 0 aliphatic heterocycles. The zero-order valence-electron chi connectivity index (χ0n) is 11.7. The van der Waals surface area contributed by atoms with E-state index in [2.05, 4.69) is 26.5 Å². The lowest BCUT2D eigenvalue weighted by molar-refractivity contribution is 0.508. The van der Waals surface area contributed by atoms with Gasteiger partial charge in [-0.1, -0.05) is 15.9 Å². The predicted octanol–water partition coefficient (Wildman–Crippen LogP) is 2.69. The van der Waals surface area contributed by atoms with Crippen molar-refractivity contribution < 1.29 is 4.39 Å². The molecule has 20 heavy (non-hydrogen) atoms. The van der Waals surface area contributed by atoms with Crippen LogP contribution in [0.2, 0.25) is 0 Å². The Morgan fingerprint density at radius 2 is 2.15 bits per heavy atom. The van der Waals surface area contributed by atoms with Crippen molar-refractivity contribution in [3.63, 3.8) is 0 Å². The highest BCUT2D eigenvalue weighted by Crippen LogP contribution is 2.26. The van der Waals surface area contributed by atoms with Crippen LogP contribution in [0.1, 0.15) is 28.6 Å². The lowest BCUT2D eigenvalue weighted by atomic mass is 9.98. The van der Waals surface area contributed by atoms with E-state index in [-0.39, 0.29) is 11.9 Å². The summed E-state index contributed by atoms with van der Waals surface area (Å²) in [6, 6.07) is 4.56. The largest absolute Gasteiger partial charge is 0.272 e. The molecule has 1 heterocycles. The summed E-state index contributed by atoms with van der Waals surface area (Å²) in [5, 5.41) is 4.38. The maximum absolute atomic E-state index is 14.0. The molecule has 0 radical (unpaired) electrons. The first-order valence-electron chi connectivity index (χ1n) is 6.34. The van der Waals surface area contributed by atoms with E-state index in [4.69, 9.17) is 5.84 Å². The highest BCUT2D eigenvalue weighted by atomic mass is 79.9. The molecule has 0 saturated carbocycles. The third-order valence-corrected chi connectivity index (χ3v) is 4.10. The van der Waals surface area contributed by atoms with E-state index >= 15 is 0 Å². The third kappa shape index (κ3) is 2.92. The van der Waals surface area contributed by atoms with Crippen molar-refractivity contribution in [2.45, 2.75) is 26.3 Å². The summed E-state index contributed by atoms with van der Waals surface area (Å²) in [5.41, 5.74) is 6.35. The second-order valence-electron chi connectivity index (χ2n) is 4.86. The Balaban J connectivity index is 2.36. The van der Waals surface area contributed by atoms with E-state index in [0.717, 1.165) is 21.4 Å². The van der Waals surface area contributed by atoms with Crippen molar-refractivity contribution in [3.05, 3.63) is 51.0 Å². The highest BCUT2D eigenvalue weighted by molar-refractivity contribution is 9.10. The van der Waals surface area contributed by atoms with Crippen LogP contribution in [-0.2, 0) is 13.5 Å². The van der Waals surface area contributed by atoms with Gasteiger partial charge in [-0.15, -0.1) is 0 Å². The molecule has 2 rings (SSSR count). The number of nitrogens with one attached hydrogen (secondary N) is 1. The molecule has 1 aromatic carbocycles. The standard InChI is InChI=1S/C14H18BrFN4/c1-8-11(9(2)20(3)19-8)7-14(18-17)12-6-10(15)4-5-13(12)16/h4-6,14,18H,7,17H2,1-3H3. The number of nitrogens with zero attached hydrogens (tertiary/aromatic N) is 2. The first kappa shape index (κ1) is 15.2. The Bertz CT molecular complexity index is 624. The molecule has 4 nitrogen and oxygen atoms in total. The summed E-state index contributed by atoms with van der Waals surface area (Å²) in [5.74, 6) is 5.35. The van der Waals surface area contributed by atoms with E-state index < -0.39 is 0 Å². The van der Waals surface area contributed by atoms with Gasteiger partial charge in [0.2, 0.25) is 0 Å². The van der Waals surface area contributed by atoms with Crippen LogP contribution in [0.5, 0.6) is 0 Å². The van der Waals surface area contributed by atoms with E-state index in [9.17, 15) is 4.39 Å². The number of hydrogen-bond acceptors (Lipinski definition) is 3. The zero-order chi connectivity index (χ0) is 14.9. The quantitative estimate of drug-likeness (QED) is 0.664. The van der Waals surface area contributed by atoms with E-state index in [1.807, 2.05) is 25.6 Å². The van der Waals surface area contributed by atoms with Gasteiger partial charge >= 0.3 is 0 Å². The van der Waals surface area contributed by atoms with Crippen LogP contribution in [0.15, 0.2) is 22.7 Å². The van der Waals surface area contributed by atoms with Gasteiger partial charge in [0.15, 0.2) is 0 Å². The van der Waals surface area contributed by atoms with Crippen molar-refractivity contribution in [1.82, 2.24) is 15.2 Å². The molecule has 108 valence electrons. The molecule has 3 N–H and O–H groups in total. The average Bonchev–Trinajstić information content (AvgIpc) is 2.65. The summed E-state index contributed by atoms with van der Waals surface area (Å²) in [6.07, 6.45) is 0.593. The number of rotatable bonds is 4. The lowest BCUT2D eigenvalue weighted by Crippen LogP contribution is -2.30. The van der Waals surface area contributed by atoms with Crippen LogP contribution in [-0.4, -0.2) is 9.78 Å². The van der Waals surface area contributed by atoms with Gasteiger partial charge in [-0.3, -0.25) is 16.0 Å². The van der Waals surface area contributed by atoms with Crippen molar-refractivity contribution in [2.75, 3.05) is 0 Å². The predicted molar refractivity (Wildman–Crippen MR) is 80.6 cm³/mol. The fourth-order valence-corrected chi connectivity index (χ4v) is 2.74. The van der Waals surface area contributed by atoms with Gasteiger partial charge in [-0.2, -0.15) is 5.10 Å². The summed E-state index contributed by atoms with van der Waals surface area (Å²) >= 11 is 3.36. The van der Waals surface area contributed by atoms with Crippen molar-refractivity contribution in [3.8, 4) is 0 Å². The molecule has 0 aliphatic carbocycles. The van der Waals surface area contributed by atoms with Gasteiger partial charge in [0.05, 0.1) is 11.7 Å². The number of hydrazine groups is 1. The van der Waals surface area contributed by atoms with E-state index in [1.165, 1.54) is 6.07 Å². The van der Waals surface area contributed by atoms with Crippen LogP contribution in [0.3, 0.4) is 0 Å². The molecule has 0 amide bonds. The fourth-order valence-electron chi connectivity index (χ4n) is 2.36. The van der Waals surface area contributed by atoms with Crippen LogP contribution in [0, 0.1) is 19.7 Å². The second kappa shape index (κ2) is 6.03. The molecular weight excluding hydrogens is 323 g/mol. The van der Waals surface area contributed by atoms with Crippen molar-refractivity contribution in [2.24, 2.45) is 12.9 Å². The van der Waals surface area contributed by atoms with Crippen LogP contribution in [0.4, 0.5) is 4.39 Å². The topological polar surface area (TPSA) is 55.9 Å². The number of benzene rings is 1. The molecule has 0 saturated heterocycles. The number of aromatic nitrogens is 2. The van der Waals surface area contributed by atoms with Crippen LogP contribution >= 0.6 is 15.9 Å². The lowest BCUT2D eigenvalue weighted by Gasteiger charge is -2.18. The third-order valence-electron chi connectivity index (χ3n) is 3.60. The summed E-state index contributed by atoms with van der Waals surface area (Å²) in [6.45, 7) is 3.95. The minimum absolute atomic E-state index is 0.268. The van der Waals surface area contributed by atoms with E-state index in [1.54, 1.807) is 12.1 Å². The van der Waals surface area contributed by atoms with Crippen molar-refractivity contribution >= 4 is 15.9 Å². The molecule has 0 spiro atoms. The number of aryl methyl sites for hydroxylation is 2. The van der Waals surface area contributed by atoms with Crippen molar-refractivity contribution in [1.29, 1.82) is 0 Å². The summed E-state index contributed by atoms with van der Waals surface area (Å²) in [7, 11) is 1.90. The van der Waals surface area contributed by atoms with E-state index in [0.29, 0.717) is 12.0 Å². The Morgan fingerprint density at radius 3 is 2.70 bits per heavy atom. The zero-order valence-corrected chi connectivity index (χ0v) is 13.3. The molecule has 6 heteroatoms. The normalized spacial score (nSPS) is 12.7. The number of nitrogens with two attached hydrogens (primary N) is 1. The second-order valence-corrected chi connectivity index (χ2v) is 5.78. The Kier molecular flexibility index (Phi) is 4.57. The molecule has 1 unspecified atom stereocenters. The van der Waals surface area contributed by atoms with Gasteiger partial charge in [-0.25, -0.2) is 4.39 Å². The molecule has 2 aromatic rings. The number of hydrogen-bond donors (Lipinski definition) is 2. The molecule has 1 aromatic heterocycles. The first-order valence-corrected chi connectivity index (χ1v) is 7.13. The Labute approximate surface area is 126 Å². The molecule has 0 aliphatic rings. The highest BCUT2D eigenvalue weighted by Gasteiger charge is 2.19. The van der Waals surface area contributed by atoms with Gasteiger partial charge in [0.25, 0.3) is 0 Å². The minimum Gasteiger partial charge on any atom is -0.272 e. The van der Waals surface area contributed by atoms with Gasteiger partial charge < -0.3 is 0 Å². The molecular formula is C14H18BrFN4. The monoisotopic (exact) mass is 340 g/mol. The fraction of sp³-hybridized carbons (Fsp3) is 0.357. The minimum atomic E-state index is -0.297. The Morgan fingerprint density at radius 1 is 1.45 bits per heavy atom.